The summed E-state index contributed by atoms with van der Waals surface area (Å²) in [6.07, 6.45) is 0. The molecule has 0 fully saturated rings. The van der Waals surface area contributed by atoms with E-state index in [2.05, 4.69) is 27.8 Å². The van der Waals surface area contributed by atoms with Crippen molar-refractivity contribution in [1.82, 2.24) is 10.6 Å². The Morgan fingerprint density at radius 2 is 1.92 bits per heavy atom. The first-order valence-corrected chi connectivity index (χ1v) is 7.93. The maximum absolute atomic E-state index is 5.42. The van der Waals surface area contributed by atoms with Gasteiger partial charge in [-0.25, -0.2) is 4.99 Å². The van der Waals surface area contributed by atoms with Crippen LogP contribution in [-0.4, -0.2) is 53.1 Å². The van der Waals surface area contributed by atoms with Crippen LogP contribution >= 0.6 is 24.0 Å². The van der Waals surface area contributed by atoms with Crippen molar-refractivity contribution in [3.8, 4) is 5.75 Å². The van der Waals surface area contributed by atoms with E-state index in [0.29, 0.717) is 32.9 Å². The molecule has 0 aliphatic rings. The fourth-order valence-electron chi connectivity index (χ4n) is 1.97. The summed E-state index contributed by atoms with van der Waals surface area (Å²) < 4.78 is 15.8. The number of nitrogens with zero attached hydrogens (tertiary/aromatic N) is 1. The Hall–Kier alpha value is -1.06. The molecule has 1 rings (SSSR count). The van der Waals surface area contributed by atoms with E-state index in [1.165, 1.54) is 5.56 Å². The first-order valence-electron chi connectivity index (χ1n) is 7.93. The van der Waals surface area contributed by atoms with Crippen molar-refractivity contribution in [2.24, 2.45) is 4.99 Å². The molecule has 0 unspecified atom stereocenters. The summed E-state index contributed by atoms with van der Waals surface area (Å²) >= 11 is 0. The number of methoxy groups -OCH3 is 2. The fraction of sp³-hybridized carbons (Fsp3) is 0.588. The van der Waals surface area contributed by atoms with Crippen LogP contribution in [0.4, 0.5) is 0 Å². The molecule has 1 aromatic rings. The van der Waals surface area contributed by atoms with Crippen molar-refractivity contribution in [1.29, 1.82) is 0 Å². The topological polar surface area (TPSA) is 64.1 Å². The molecule has 138 valence electrons. The smallest absolute Gasteiger partial charge is 0.191 e. The number of hydrogen-bond acceptors (Lipinski definition) is 4. The van der Waals surface area contributed by atoms with Crippen molar-refractivity contribution in [2.45, 2.75) is 20.4 Å². The standard InChI is InChI=1S/C17H29N3O3.HI/c1-5-18-17(19-8-9-23-11-10-21-3)20-13-15-7-6-14(2)12-16(15)22-4;/h6-7,12H,5,8-11,13H2,1-4H3,(H2,18,19,20);1H. The fourth-order valence-corrected chi connectivity index (χ4v) is 1.97. The van der Waals surface area contributed by atoms with E-state index in [0.717, 1.165) is 23.8 Å². The zero-order valence-corrected chi connectivity index (χ0v) is 17.4. The van der Waals surface area contributed by atoms with Gasteiger partial charge in [0.25, 0.3) is 0 Å². The van der Waals surface area contributed by atoms with Gasteiger partial charge < -0.3 is 24.8 Å². The molecule has 0 saturated heterocycles. The predicted molar refractivity (Wildman–Crippen MR) is 109 cm³/mol. The number of guanidine groups is 1. The second kappa shape index (κ2) is 14.3. The zero-order chi connectivity index (χ0) is 16.9. The Morgan fingerprint density at radius 1 is 1.12 bits per heavy atom. The Balaban J connectivity index is 0.00000529. The Morgan fingerprint density at radius 3 is 2.58 bits per heavy atom. The highest BCUT2D eigenvalue weighted by Crippen LogP contribution is 2.20. The third kappa shape index (κ3) is 9.29. The van der Waals surface area contributed by atoms with Gasteiger partial charge in [-0.1, -0.05) is 12.1 Å². The lowest BCUT2D eigenvalue weighted by molar-refractivity contribution is 0.0733. The van der Waals surface area contributed by atoms with Gasteiger partial charge in [0.1, 0.15) is 5.75 Å². The Bertz CT molecular complexity index is 484. The van der Waals surface area contributed by atoms with E-state index in [1.807, 2.05) is 19.9 Å². The molecule has 24 heavy (non-hydrogen) atoms. The molecule has 7 heteroatoms. The summed E-state index contributed by atoms with van der Waals surface area (Å²) in [5.41, 5.74) is 2.24. The summed E-state index contributed by atoms with van der Waals surface area (Å²) in [6, 6.07) is 6.14. The lowest BCUT2D eigenvalue weighted by atomic mass is 10.1. The van der Waals surface area contributed by atoms with Crippen LogP contribution < -0.4 is 15.4 Å². The monoisotopic (exact) mass is 451 g/mol. The highest BCUT2D eigenvalue weighted by molar-refractivity contribution is 14.0. The summed E-state index contributed by atoms with van der Waals surface area (Å²) in [5, 5.41) is 6.47. The van der Waals surface area contributed by atoms with E-state index in [1.54, 1.807) is 14.2 Å². The minimum Gasteiger partial charge on any atom is -0.496 e. The quantitative estimate of drug-likeness (QED) is 0.248. The van der Waals surface area contributed by atoms with Gasteiger partial charge in [0, 0.05) is 25.8 Å². The van der Waals surface area contributed by atoms with Crippen molar-refractivity contribution < 1.29 is 14.2 Å². The van der Waals surface area contributed by atoms with Gasteiger partial charge in [-0.15, -0.1) is 24.0 Å². The molecule has 0 amide bonds. The molecule has 0 heterocycles. The van der Waals surface area contributed by atoms with Gasteiger partial charge in [-0.05, 0) is 25.5 Å². The van der Waals surface area contributed by atoms with E-state index in [4.69, 9.17) is 14.2 Å². The van der Waals surface area contributed by atoms with Crippen molar-refractivity contribution >= 4 is 29.9 Å². The third-order valence-electron chi connectivity index (χ3n) is 3.16. The largest absolute Gasteiger partial charge is 0.496 e. The molecule has 0 bridgehead atoms. The van der Waals surface area contributed by atoms with Gasteiger partial charge in [-0.3, -0.25) is 0 Å². The van der Waals surface area contributed by atoms with E-state index in [9.17, 15) is 0 Å². The number of nitrogens with one attached hydrogen (secondary N) is 2. The SMILES string of the molecule is CCNC(=NCc1ccc(C)cc1OC)NCCOCCOC.I. The number of aliphatic imine (C=N–C) groups is 1. The van der Waals surface area contributed by atoms with Crippen LogP contribution in [0.25, 0.3) is 0 Å². The number of hydrogen-bond donors (Lipinski definition) is 2. The molecular formula is C17H30IN3O3. The van der Waals surface area contributed by atoms with E-state index < -0.39 is 0 Å². The zero-order valence-electron chi connectivity index (χ0n) is 15.1. The van der Waals surface area contributed by atoms with Crippen LogP contribution in [0.1, 0.15) is 18.1 Å². The van der Waals surface area contributed by atoms with Crippen molar-refractivity contribution in [2.75, 3.05) is 47.1 Å². The number of halogens is 1. The molecule has 1 aromatic carbocycles. The predicted octanol–water partition coefficient (Wildman–Crippen LogP) is 2.34. The summed E-state index contributed by atoms with van der Waals surface area (Å²) in [7, 11) is 3.35. The molecule has 0 radical (unpaired) electrons. The van der Waals surface area contributed by atoms with Crippen molar-refractivity contribution in [3.63, 3.8) is 0 Å². The highest BCUT2D eigenvalue weighted by Gasteiger charge is 2.03. The molecule has 0 atom stereocenters. The molecule has 0 saturated carbocycles. The van der Waals surface area contributed by atoms with Crippen LogP contribution in [0, 0.1) is 6.92 Å². The number of ether oxygens (including phenoxy) is 3. The Labute approximate surface area is 162 Å². The first kappa shape index (κ1) is 22.9. The molecule has 2 N–H and O–H groups in total. The summed E-state index contributed by atoms with van der Waals surface area (Å²) in [5.74, 6) is 1.64. The van der Waals surface area contributed by atoms with Gasteiger partial charge in [0.2, 0.25) is 0 Å². The van der Waals surface area contributed by atoms with Gasteiger partial charge >= 0.3 is 0 Å². The second-order valence-electron chi connectivity index (χ2n) is 5.04. The molecular weight excluding hydrogens is 421 g/mol. The van der Waals surface area contributed by atoms with Crippen LogP contribution in [0.2, 0.25) is 0 Å². The molecule has 6 nitrogen and oxygen atoms in total. The lowest BCUT2D eigenvalue weighted by Crippen LogP contribution is -2.39. The maximum atomic E-state index is 5.42. The van der Waals surface area contributed by atoms with Gasteiger partial charge in [0.15, 0.2) is 5.96 Å². The normalized spacial score (nSPS) is 10.9. The van der Waals surface area contributed by atoms with Gasteiger partial charge in [0.05, 0.1) is 33.5 Å². The highest BCUT2D eigenvalue weighted by atomic mass is 127. The minimum absolute atomic E-state index is 0. The van der Waals surface area contributed by atoms with Gasteiger partial charge in [-0.2, -0.15) is 0 Å². The average Bonchev–Trinajstić information content (AvgIpc) is 2.56. The van der Waals surface area contributed by atoms with E-state index >= 15 is 0 Å². The minimum atomic E-state index is 0. The summed E-state index contributed by atoms with van der Waals surface area (Å²) in [4.78, 5) is 4.59. The van der Waals surface area contributed by atoms with E-state index in [-0.39, 0.29) is 24.0 Å². The van der Waals surface area contributed by atoms with Crippen molar-refractivity contribution in [3.05, 3.63) is 29.3 Å². The van der Waals surface area contributed by atoms with Crippen LogP contribution in [0.3, 0.4) is 0 Å². The molecule has 0 aliphatic heterocycles. The van der Waals surface area contributed by atoms with Crippen LogP contribution in [-0.2, 0) is 16.0 Å². The first-order chi connectivity index (χ1) is 11.2. The van der Waals surface area contributed by atoms with Crippen LogP contribution in [0.5, 0.6) is 5.75 Å². The number of benzene rings is 1. The molecule has 0 aliphatic carbocycles. The lowest BCUT2D eigenvalue weighted by Gasteiger charge is -2.12. The second-order valence-corrected chi connectivity index (χ2v) is 5.04. The number of aryl methyl sites for hydroxylation is 1. The maximum Gasteiger partial charge on any atom is 0.191 e. The molecule has 0 aromatic heterocycles. The molecule has 0 spiro atoms. The number of rotatable bonds is 10. The Kier molecular flexibility index (Phi) is 13.7. The third-order valence-corrected chi connectivity index (χ3v) is 3.16. The summed E-state index contributed by atoms with van der Waals surface area (Å²) in [6.45, 7) is 7.98. The van der Waals surface area contributed by atoms with Crippen LogP contribution in [0.15, 0.2) is 23.2 Å². The average molecular weight is 451 g/mol.